The molecule has 0 heterocycles. The van der Waals surface area contributed by atoms with Gasteiger partial charge in [0.25, 0.3) is 0 Å². The van der Waals surface area contributed by atoms with E-state index in [9.17, 15) is 8.42 Å². The predicted octanol–water partition coefficient (Wildman–Crippen LogP) is 1.51. The monoisotopic (exact) mass is 358 g/mol. The molecule has 0 aliphatic rings. The van der Waals surface area contributed by atoms with Gasteiger partial charge in [0.15, 0.2) is 0 Å². The number of nitrogens with two attached hydrogens (primary N) is 1. The van der Waals surface area contributed by atoms with Crippen molar-refractivity contribution < 1.29 is 13.2 Å². The van der Waals surface area contributed by atoms with Crippen LogP contribution in [0.15, 0.2) is 27.6 Å². The molecule has 0 aliphatic heterocycles. The first-order valence-electron chi connectivity index (χ1n) is 5.13. The highest BCUT2D eigenvalue weighted by Gasteiger charge is 2.14. The third-order valence-electron chi connectivity index (χ3n) is 1.95. The Balaban J connectivity index is 0.00000289. The van der Waals surface area contributed by atoms with Crippen molar-refractivity contribution in [3.63, 3.8) is 0 Å². The van der Waals surface area contributed by atoms with E-state index in [4.69, 9.17) is 10.5 Å². The fourth-order valence-electron chi connectivity index (χ4n) is 1.20. The third kappa shape index (κ3) is 4.74. The van der Waals surface area contributed by atoms with E-state index in [-0.39, 0.29) is 30.4 Å². The van der Waals surface area contributed by atoms with Crippen LogP contribution in [-0.4, -0.2) is 28.1 Å². The average molecular weight is 360 g/mol. The molecule has 0 amide bonds. The molecule has 0 saturated carbocycles. The topological polar surface area (TPSA) is 81.4 Å². The number of benzene rings is 1. The van der Waals surface area contributed by atoms with Crippen LogP contribution in [-0.2, 0) is 10.0 Å². The van der Waals surface area contributed by atoms with Gasteiger partial charge < -0.3 is 10.5 Å². The van der Waals surface area contributed by atoms with Gasteiger partial charge in [-0.05, 0) is 41.1 Å². The minimum Gasteiger partial charge on any atom is -0.493 e. The molecule has 18 heavy (non-hydrogen) atoms. The van der Waals surface area contributed by atoms with E-state index >= 15 is 0 Å². The molecule has 8 heteroatoms. The van der Waals surface area contributed by atoms with Crippen LogP contribution in [0.1, 0.15) is 6.92 Å². The maximum Gasteiger partial charge on any atom is 0.240 e. The number of ether oxygens (including phenoxy) is 1. The maximum atomic E-state index is 11.8. The van der Waals surface area contributed by atoms with Gasteiger partial charge in [0.1, 0.15) is 5.75 Å². The van der Waals surface area contributed by atoms with E-state index in [1.807, 2.05) is 6.92 Å². The summed E-state index contributed by atoms with van der Waals surface area (Å²) in [6, 6.07) is 4.61. The summed E-state index contributed by atoms with van der Waals surface area (Å²) in [4.78, 5) is 0.182. The zero-order chi connectivity index (χ0) is 12.9. The third-order valence-corrected chi connectivity index (χ3v) is 4.03. The highest BCUT2D eigenvalue weighted by atomic mass is 79.9. The molecule has 1 aromatic rings. The van der Waals surface area contributed by atoms with Crippen LogP contribution in [0.2, 0.25) is 0 Å². The van der Waals surface area contributed by atoms with Crippen molar-refractivity contribution in [3.8, 4) is 5.75 Å². The van der Waals surface area contributed by atoms with Crippen molar-refractivity contribution >= 4 is 38.4 Å². The first kappa shape index (κ1) is 17.7. The molecule has 1 rings (SSSR count). The standard InChI is InChI=1S/C10H15BrN2O3S.ClH/c1-2-16-10-4-3-8(7-9(10)11)17(14,15)13-6-5-12;/h3-4,7,13H,2,5-6,12H2,1H3;1H. The molecule has 0 fully saturated rings. The van der Waals surface area contributed by atoms with Gasteiger partial charge in [0, 0.05) is 13.1 Å². The van der Waals surface area contributed by atoms with Crippen molar-refractivity contribution in [2.45, 2.75) is 11.8 Å². The summed E-state index contributed by atoms with van der Waals surface area (Å²) in [6.07, 6.45) is 0. The van der Waals surface area contributed by atoms with Crippen LogP contribution in [0.5, 0.6) is 5.75 Å². The van der Waals surface area contributed by atoms with E-state index in [1.165, 1.54) is 12.1 Å². The number of nitrogens with one attached hydrogen (secondary N) is 1. The van der Waals surface area contributed by atoms with Gasteiger partial charge in [-0.15, -0.1) is 12.4 Å². The van der Waals surface area contributed by atoms with E-state index in [1.54, 1.807) is 6.07 Å². The molecule has 1 aromatic carbocycles. The fraction of sp³-hybridized carbons (Fsp3) is 0.400. The quantitative estimate of drug-likeness (QED) is 0.806. The van der Waals surface area contributed by atoms with Crippen LogP contribution in [0.4, 0.5) is 0 Å². The second-order valence-corrected chi connectivity index (χ2v) is 5.83. The Morgan fingerprint density at radius 1 is 1.44 bits per heavy atom. The van der Waals surface area contributed by atoms with E-state index in [2.05, 4.69) is 20.7 Å². The van der Waals surface area contributed by atoms with Crippen LogP contribution in [0, 0.1) is 0 Å². The Morgan fingerprint density at radius 3 is 2.61 bits per heavy atom. The van der Waals surface area contributed by atoms with Gasteiger partial charge in [-0.3, -0.25) is 0 Å². The molecule has 0 atom stereocenters. The molecule has 0 saturated heterocycles. The summed E-state index contributed by atoms with van der Waals surface area (Å²) in [5.41, 5.74) is 5.25. The minimum atomic E-state index is -3.49. The van der Waals surface area contributed by atoms with Crippen molar-refractivity contribution in [3.05, 3.63) is 22.7 Å². The summed E-state index contributed by atoms with van der Waals surface area (Å²) in [5, 5.41) is 0. The van der Waals surface area contributed by atoms with Gasteiger partial charge in [-0.25, -0.2) is 13.1 Å². The van der Waals surface area contributed by atoms with E-state index < -0.39 is 10.0 Å². The van der Waals surface area contributed by atoms with E-state index in [0.29, 0.717) is 16.8 Å². The molecule has 0 radical (unpaired) electrons. The first-order chi connectivity index (χ1) is 8.01. The number of sulfonamides is 1. The summed E-state index contributed by atoms with van der Waals surface area (Å²) in [7, 11) is -3.49. The Bertz CT molecular complexity index is 482. The number of rotatable bonds is 6. The lowest BCUT2D eigenvalue weighted by atomic mass is 10.3. The molecule has 3 N–H and O–H groups in total. The molecule has 0 unspecified atom stereocenters. The molecular formula is C10H16BrClN2O3S. The number of halogens is 2. The summed E-state index contributed by atoms with van der Waals surface area (Å²) < 4.78 is 31.9. The lowest BCUT2D eigenvalue weighted by molar-refractivity contribution is 0.338. The smallest absolute Gasteiger partial charge is 0.240 e. The summed E-state index contributed by atoms with van der Waals surface area (Å²) in [5.74, 6) is 0.616. The molecule has 5 nitrogen and oxygen atoms in total. The molecule has 0 aromatic heterocycles. The van der Waals surface area contributed by atoms with Crippen LogP contribution >= 0.6 is 28.3 Å². The van der Waals surface area contributed by atoms with Crippen LogP contribution in [0.3, 0.4) is 0 Å². The van der Waals surface area contributed by atoms with Crippen LogP contribution in [0.25, 0.3) is 0 Å². The molecule has 0 aliphatic carbocycles. The largest absolute Gasteiger partial charge is 0.493 e. The SMILES string of the molecule is CCOc1ccc(S(=O)(=O)NCCN)cc1Br.Cl. The average Bonchev–Trinajstić information content (AvgIpc) is 2.29. The number of hydrogen-bond acceptors (Lipinski definition) is 4. The summed E-state index contributed by atoms with van der Waals surface area (Å²) >= 11 is 3.27. The van der Waals surface area contributed by atoms with Crippen molar-refractivity contribution in [2.24, 2.45) is 5.73 Å². The van der Waals surface area contributed by atoms with Gasteiger partial charge >= 0.3 is 0 Å². The Hall–Kier alpha value is -0.340. The second kappa shape index (κ2) is 7.96. The Labute approximate surface area is 122 Å². The fourth-order valence-corrected chi connectivity index (χ4v) is 2.92. The summed E-state index contributed by atoms with van der Waals surface area (Å²) in [6.45, 7) is 2.86. The first-order valence-corrected chi connectivity index (χ1v) is 7.41. The zero-order valence-corrected chi connectivity index (χ0v) is 13.1. The molecule has 0 bridgehead atoms. The van der Waals surface area contributed by atoms with Crippen LogP contribution < -0.4 is 15.2 Å². The molecule has 104 valence electrons. The zero-order valence-electron chi connectivity index (χ0n) is 9.85. The predicted molar refractivity (Wildman–Crippen MR) is 76.8 cm³/mol. The molecular weight excluding hydrogens is 344 g/mol. The van der Waals surface area contributed by atoms with Crippen molar-refractivity contribution in [2.75, 3.05) is 19.7 Å². The van der Waals surface area contributed by atoms with Crippen molar-refractivity contribution in [1.82, 2.24) is 4.72 Å². The van der Waals surface area contributed by atoms with Gasteiger partial charge in [-0.2, -0.15) is 0 Å². The second-order valence-electron chi connectivity index (χ2n) is 3.21. The highest BCUT2D eigenvalue weighted by molar-refractivity contribution is 9.10. The Kier molecular flexibility index (Phi) is 7.81. The lowest BCUT2D eigenvalue weighted by Gasteiger charge is -2.09. The normalized spacial score (nSPS) is 10.8. The Morgan fingerprint density at radius 2 is 2.11 bits per heavy atom. The van der Waals surface area contributed by atoms with Crippen molar-refractivity contribution in [1.29, 1.82) is 0 Å². The number of hydrogen-bond donors (Lipinski definition) is 2. The van der Waals surface area contributed by atoms with Gasteiger partial charge in [0.05, 0.1) is 16.0 Å². The minimum absolute atomic E-state index is 0. The highest BCUT2D eigenvalue weighted by Crippen LogP contribution is 2.27. The van der Waals surface area contributed by atoms with Gasteiger partial charge in [-0.1, -0.05) is 0 Å². The maximum absolute atomic E-state index is 11.8. The lowest BCUT2D eigenvalue weighted by Crippen LogP contribution is -2.29. The van der Waals surface area contributed by atoms with E-state index in [0.717, 1.165) is 0 Å². The molecule has 0 spiro atoms. The van der Waals surface area contributed by atoms with Gasteiger partial charge in [0.2, 0.25) is 10.0 Å².